The summed E-state index contributed by atoms with van der Waals surface area (Å²) < 4.78 is 28.4. The largest absolute Gasteiger partial charge is 0.455 e. The highest BCUT2D eigenvalue weighted by Crippen LogP contribution is 2.56. The van der Waals surface area contributed by atoms with E-state index < -0.39 is 10.0 Å². The van der Waals surface area contributed by atoms with Crippen molar-refractivity contribution < 1.29 is 17.6 Å². The van der Waals surface area contributed by atoms with E-state index in [9.17, 15) is 13.2 Å². The molecule has 1 amide bonds. The SMILES string of the molecule is Cc1oc(C(=O)N2CC3(CC3)c3ccccc32)cc1S(N)(=O)=O. The van der Waals surface area contributed by atoms with Crippen LogP contribution in [0, 0.1) is 6.92 Å². The number of anilines is 1. The van der Waals surface area contributed by atoms with Crippen molar-refractivity contribution in [1.29, 1.82) is 0 Å². The van der Waals surface area contributed by atoms with E-state index in [4.69, 9.17) is 9.56 Å². The maximum absolute atomic E-state index is 12.8. The predicted octanol–water partition coefficient (Wildman–Crippen LogP) is 1.93. The molecule has 0 unspecified atom stereocenters. The molecule has 1 aliphatic carbocycles. The number of nitrogens with two attached hydrogens (primary N) is 1. The Morgan fingerprint density at radius 1 is 1.30 bits per heavy atom. The summed E-state index contributed by atoms with van der Waals surface area (Å²) in [5.74, 6) is -0.206. The van der Waals surface area contributed by atoms with Gasteiger partial charge in [0.15, 0.2) is 5.76 Å². The van der Waals surface area contributed by atoms with Crippen molar-refractivity contribution in [2.45, 2.75) is 30.1 Å². The van der Waals surface area contributed by atoms with Gasteiger partial charge >= 0.3 is 0 Å². The second kappa shape index (κ2) is 4.46. The Morgan fingerprint density at radius 2 is 2.00 bits per heavy atom. The molecule has 0 bridgehead atoms. The Morgan fingerprint density at radius 3 is 2.61 bits per heavy atom. The van der Waals surface area contributed by atoms with Gasteiger partial charge in [-0.15, -0.1) is 0 Å². The summed E-state index contributed by atoms with van der Waals surface area (Å²) >= 11 is 0. The first-order chi connectivity index (χ1) is 10.8. The lowest BCUT2D eigenvalue weighted by atomic mass is 9.99. The molecule has 7 heteroatoms. The van der Waals surface area contributed by atoms with Crippen LogP contribution in [-0.4, -0.2) is 20.9 Å². The Balaban J connectivity index is 1.74. The van der Waals surface area contributed by atoms with Crippen LogP contribution in [0.15, 0.2) is 39.6 Å². The monoisotopic (exact) mass is 332 g/mol. The van der Waals surface area contributed by atoms with Gasteiger partial charge in [0.05, 0.1) is 0 Å². The van der Waals surface area contributed by atoms with Gasteiger partial charge in [0, 0.05) is 23.7 Å². The Labute approximate surface area is 133 Å². The minimum absolute atomic E-state index is 0.000900. The molecule has 4 rings (SSSR count). The molecule has 1 fully saturated rings. The lowest BCUT2D eigenvalue weighted by Crippen LogP contribution is -2.31. The lowest BCUT2D eigenvalue weighted by Gasteiger charge is -2.16. The summed E-state index contributed by atoms with van der Waals surface area (Å²) in [5, 5.41) is 5.14. The smallest absolute Gasteiger partial charge is 0.294 e. The van der Waals surface area contributed by atoms with Gasteiger partial charge in [0.1, 0.15) is 10.7 Å². The molecular weight excluding hydrogens is 316 g/mol. The van der Waals surface area contributed by atoms with Gasteiger partial charge < -0.3 is 9.32 Å². The van der Waals surface area contributed by atoms with Crippen molar-refractivity contribution in [2.75, 3.05) is 11.4 Å². The van der Waals surface area contributed by atoms with Gasteiger partial charge in [-0.05, 0) is 31.4 Å². The van der Waals surface area contributed by atoms with Gasteiger partial charge in [0.2, 0.25) is 10.0 Å². The van der Waals surface area contributed by atoms with Crippen molar-refractivity contribution >= 4 is 21.6 Å². The van der Waals surface area contributed by atoms with Gasteiger partial charge in [-0.1, -0.05) is 18.2 Å². The molecule has 0 saturated heterocycles. The zero-order chi connectivity index (χ0) is 16.4. The molecule has 1 aromatic carbocycles. The summed E-state index contributed by atoms with van der Waals surface area (Å²) in [6, 6.07) is 9.05. The number of para-hydroxylation sites is 1. The molecular formula is C16H16N2O4S. The molecule has 1 aliphatic heterocycles. The summed E-state index contributed by atoms with van der Waals surface area (Å²) in [6.07, 6.45) is 2.13. The summed E-state index contributed by atoms with van der Waals surface area (Å²) in [6.45, 7) is 2.09. The van der Waals surface area contributed by atoms with Gasteiger partial charge in [-0.2, -0.15) is 0 Å². The number of hydrogen-bond donors (Lipinski definition) is 1. The number of fused-ring (bicyclic) bond motifs is 2. The maximum Gasteiger partial charge on any atom is 0.294 e. The molecule has 23 heavy (non-hydrogen) atoms. The van der Waals surface area contributed by atoms with E-state index in [0.717, 1.165) is 18.5 Å². The van der Waals surface area contributed by atoms with E-state index in [2.05, 4.69) is 6.07 Å². The molecule has 120 valence electrons. The zero-order valence-corrected chi connectivity index (χ0v) is 13.4. The number of hydrogen-bond acceptors (Lipinski definition) is 4. The molecule has 0 atom stereocenters. The minimum atomic E-state index is -3.91. The predicted molar refractivity (Wildman–Crippen MR) is 83.8 cm³/mol. The van der Waals surface area contributed by atoms with Crippen LogP contribution in [0.2, 0.25) is 0 Å². The molecule has 1 saturated carbocycles. The van der Waals surface area contributed by atoms with E-state index in [0.29, 0.717) is 6.54 Å². The van der Waals surface area contributed by atoms with Gasteiger partial charge in [0.25, 0.3) is 5.91 Å². The number of aryl methyl sites for hydroxylation is 1. The molecule has 2 N–H and O–H groups in total. The zero-order valence-electron chi connectivity index (χ0n) is 12.6. The summed E-state index contributed by atoms with van der Waals surface area (Å²) in [7, 11) is -3.91. The molecule has 2 aromatic rings. The van der Waals surface area contributed by atoms with E-state index in [1.165, 1.54) is 18.6 Å². The molecule has 0 radical (unpaired) electrons. The molecule has 1 spiro atoms. The third kappa shape index (κ3) is 2.11. The van der Waals surface area contributed by atoms with Crippen LogP contribution in [0.1, 0.15) is 34.7 Å². The number of furan rings is 1. The van der Waals surface area contributed by atoms with Crippen molar-refractivity contribution in [3.8, 4) is 0 Å². The summed E-state index contributed by atoms with van der Waals surface area (Å²) in [5.41, 5.74) is 2.13. The normalized spacial score (nSPS) is 18.3. The fraction of sp³-hybridized carbons (Fsp3) is 0.312. The first-order valence-corrected chi connectivity index (χ1v) is 8.91. The van der Waals surface area contributed by atoms with Crippen LogP contribution < -0.4 is 10.0 Å². The van der Waals surface area contributed by atoms with Crippen molar-refractivity contribution in [2.24, 2.45) is 5.14 Å². The van der Waals surface area contributed by atoms with Crippen molar-refractivity contribution in [3.63, 3.8) is 0 Å². The first kappa shape index (κ1) is 14.5. The van der Waals surface area contributed by atoms with Gasteiger partial charge in [-0.25, -0.2) is 13.6 Å². The number of nitrogens with zero attached hydrogens (tertiary/aromatic N) is 1. The lowest BCUT2D eigenvalue weighted by molar-refractivity contribution is 0.0959. The van der Waals surface area contributed by atoms with Crippen LogP contribution in [-0.2, 0) is 15.4 Å². The van der Waals surface area contributed by atoms with Crippen LogP contribution in [0.4, 0.5) is 5.69 Å². The van der Waals surface area contributed by atoms with E-state index in [-0.39, 0.29) is 27.7 Å². The van der Waals surface area contributed by atoms with Crippen LogP contribution >= 0.6 is 0 Å². The fourth-order valence-electron chi connectivity index (χ4n) is 3.38. The topological polar surface area (TPSA) is 93.6 Å². The molecule has 2 heterocycles. The van der Waals surface area contributed by atoms with E-state index >= 15 is 0 Å². The number of rotatable bonds is 2. The third-order valence-corrected chi connectivity index (χ3v) is 5.73. The average Bonchev–Trinajstić information content (AvgIpc) is 3.04. The van der Waals surface area contributed by atoms with Crippen molar-refractivity contribution in [3.05, 3.63) is 47.4 Å². The molecule has 1 aromatic heterocycles. The van der Waals surface area contributed by atoms with Gasteiger partial charge in [-0.3, -0.25) is 4.79 Å². The number of carbonyl (C=O) groups excluding carboxylic acids is 1. The second-order valence-electron chi connectivity index (χ2n) is 6.26. The van der Waals surface area contributed by atoms with Crippen LogP contribution in [0.3, 0.4) is 0 Å². The van der Waals surface area contributed by atoms with Crippen molar-refractivity contribution in [1.82, 2.24) is 0 Å². The average molecular weight is 332 g/mol. The number of sulfonamides is 1. The van der Waals surface area contributed by atoms with E-state index in [1.807, 2.05) is 18.2 Å². The number of carbonyl (C=O) groups is 1. The quantitative estimate of drug-likeness (QED) is 0.909. The molecule has 2 aliphatic rings. The Hall–Kier alpha value is -2.12. The number of benzene rings is 1. The first-order valence-electron chi connectivity index (χ1n) is 7.36. The Kier molecular flexibility index (Phi) is 2.80. The van der Waals surface area contributed by atoms with Crippen LogP contribution in [0.25, 0.3) is 0 Å². The summed E-state index contributed by atoms with van der Waals surface area (Å²) in [4.78, 5) is 14.3. The standard InChI is InChI=1S/C16H16N2O4S/c1-10-14(23(17,20)21)8-13(22-10)15(19)18-9-16(6-7-16)11-4-2-3-5-12(11)18/h2-5,8H,6-7,9H2,1H3,(H2,17,20,21). The highest BCUT2D eigenvalue weighted by molar-refractivity contribution is 7.89. The minimum Gasteiger partial charge on any atom is -0.455 e. The second-order valence-corrected chi connectivity index (χ2v) is 7.79. The van der Waals surface area contributed by atoms with Crippen LogP contribution in [0.5, 0.6) is 0 Å². The highest BCUT2D eigenvalue weighted by atomic mass is 32.2. The third-order valence-electron chi connectivity index (χ3n) is 4.72. The molecule has 6 nitrogen and oxygen atoms in total. The maximum atomic E-state index is 12.8. The number of amides is 1. The Bertz CT molecular complexity index is 925. The number of primary sulfonamides is 1. The fourth-order valence-corrected chi connectivity index (χ4v) is 4.09. The highest BCUT2D eigenvalue weighted by Gasteiger charge is 2.53. The van der Waals surface area contributed by atoms with E-state index in [1.54, 1.807) is 4.90 Å².